The van der Waals surface area contributed by atoms with Crippen LogP contribution in [0.15, 0.2) is 18.2 Å². The van der Waals surface area contributed by atoms with Gasteiger partial charge in [-0.1, -0.05) is 60.6 Å². The van der Waals surface area contributed by atoms with E-state index in [1.165, 1.54) is 11.1 Å². The number of carbonyl (C=O) groups excluding carboxylic acids is 1. The van der Waals surface area contributed by atoms with Gasteiger partial charge in [0.25, 0.3) is 0 Å². The van der Waals surface area contributed by atoms with Gasteiger partial charge in [-0.25, -0.2) is 0 Å². The Balaban J connectivity index is 2.81. The number of hydrogen-bond acceptors (Lipinski definition) is 2. The molecule has 0 heterocycles. The van der Waals surface area contributed by atoms with Gasteiger partial charge in [-0.05, 0) is 41.4 Å². The van der Waals surface area contributed by atoms with Crippen LogP contribution in [-0.4, -0.2) is 12.4 Å². The molecule has 2 nitrogen and oxygen atoms in total. The molecule has 0 amide bonds. The number of hydrogen-bond donors (Lipinski definition) is 0. The maximum Gasteiger partial charge on any atom is 0.135 e. The topological polar surface area (TPSA) is 26.3 Å². The van der Waals surface area contributed by atoms with E-state index in [4.69, 9.17) is 4.74 Å². The molecule has 0 fully saturated rings. The standard InChI is InChI=1S/C21H34O2/c1-15(2)14-23-20-12-11-17(13-18(20)21(5,6)7)9-8-10-19(22)16(3)4/h11-13,15-16H,8-10,14H2,1-7H3. The lowest BCUT2D eigenvalue weighted by atomic mass is 9.84. The first-order valence-electron chi connectivity index (χ1n) is 8.90. The van der Waals surface area contributed by atoms with Gasteiger partial charge < -0.3 is 4.74 Å². The van der Waals surface area contributed by atoms with Gasteiger partial charge in [-0.3, -0.25) is 4.79 Å². The summed E-state index contributed by atoms with van der Waals surface area (Å²) < 4.78 is 6.00. The SMILES string of the molecule is CC(C)COc1ccc(CCCC(=O)C(C)C)cc1C(C)(C)C. The van der Waals surface area contributed by atoms with Crippen molar-refractivity contribution in [2.24, 2.45) is 11.8 Å². The van der Waals surface area contributed by atoms with Crippen LogP contribution in [0.3, 0.4) is 0 Å². The highest BCUT2D eigenvalue weighted by Gasteiger charge is 2.20. The molecule has 0 aliphatic carbocycles. The summed E-state index contributed by atoms with van der Waals surface area (Å²) in [6.45, 7) is 15.7. The van der Waals surface area contributed by atoms with Crippen LogP contribution in [-0.2, 0) is 16.6 Å². The van der Waals surface area contributed by atoms with Crippen LogP contribution in [0.25, 0.3) is 0 Å². The van der Waals surface area contributed by atoms with Gasteiger partial charge in [0.05, 0.1) is 6.61 Å². The number of carbonyl (C=O) groups is 1. The Hall–Kier alpha value is -1.31. The van der Waals surface area contributed by atoms with E-state index in [2.05, 4.69) is 52.8 Å². The Morgan fingerprint density at radius 3 is 2.30 bits per heavy atom. The van der Waals surface area contributed by atoms with E-state index in [-0.39, 0.29) is 11.3 Å². The summed E-state index contributed by atoms with van der Waals surface area (Å²) in [6, 6.07) is 6.50. The van der Waals surface area contributed by atoms with E-state index in [1.807, 2.05) is 13.8 Å². The maximum absolute atomic E-state index is 11.7. The normalized spacial score (nSPS) is 12.0. The molecular formula is C21H34O2. The molecule has 0 atom stereocenters. The van der Waals surface area contributed by atoms with E-state index < -0.39 is 0 Å². The summed E-state index contributed by atoms with van der Waals surface area (Å²) in [4.78, 5) is 11.7. The average Bonchev–Trinajstić information content (AvgIpc) is 2.44. The molecule has 0 aliphatic heterocycles. The largest absolute Gasteiger partial charge is 0.493 e. The minimum atomic E-state index is 0.0517. The fourth-order valence-electron chi connectivity index (χ4n) is 2.46. The number of Topliss-reactive ketones (excluding diaryl/α,β-unsaturated/α-hetero) is 1. The molecule has 0 N–H and O–H groups in total. The summed E-state index contributed by atoms with van der Waals surface area (Å²) in [5, 5.41) is 0. The van der Waals surface area contributed by atoms with Crippen LogP contribution in [0.2, 0.25) is 0 Å². The molecule has 0 bridgehead atoms. The first-order valence-corrected chi connectivity index (χ1v) is 8.90. The molecule has 0 unspecified atom stereocenters. The highest BCUT2D eigenvalue weighted by Crippen LogP contribution is 2.33. The highest BCUT2D eigenvalue weighted by atomic mass is 16.5. The van der Waals surface area contributed by atoms with E-state index >= 15 is 0 Å². The van der Waals surface area contributed by atoms with Crippen LogP contribution >= 0.6 is 0 Å². The zero-order chi connectivity index (χ0) is 17.6. The van der Waals surface area contributed by atoms with Crippen molar-refractivity contribution in [1.82, 2.24) is 0 Å². The number of ketones is 1. The van der Waals surface area contributed by atoms with Crippen LogP contribution in [0, 0.1) is 11.8 Å². The lowest BCUT2D eigenvalue weighted by molar-refractivity contribution is -0.121. The van der Waals surface area contributed by atoms with Gasteiger partial charge in [0.1, 0.15) is 11.5 Å². The zero-order valence-electron chi connectivity index (χ0n) is 16.0. The monoisotopic (exact) mass is 318 g/mol. The van der Waals surface area contributed by atoms with Crippen molar-refractivity contribution in [2.45, 2.75) is 73.1 Å². The van der Waals surface area contributed by atoms with Crippen molar-refractivity contribution in [3.8, 4) is 5.75 Å². The van der Waals surface area contributed by atoms with E-state index in [1.54, 1.807) is 0 Å². The van der Waals surface area contributed by atoms with Crippen LogP contribution in [0.5, 0.6) is 5.75 Å². The molecule has 1 aromatic rings. The van der Waals surface area contributed by atoms with Crippen LogP contribution in [0.4, 0.5) is 0 Å². The van der Waals surface area contributed by atoms with Gasteiger partial charge in [0, 0.05) is 12.3 Å². The van der Waals surface area contributed by atoms with Crippen molar-refractivity contribution in [2.75, 3.05) is 6.61 Å². The molecule has 1 aromatic carbocycles. The fraction of sp³-hybridized carbons (Fsp3) is 0.667. The van der Waals surface area contributed by atoms with Gasteiger partial charge in [-0.15, -0.1) is 0 Å². The molecule has 0 saturated heterocycles. The molecule has 0 aromatic heterocycles. The van der Waals surface area contributed by atoms with Crippen LogP contribution in [0.1, 0.15) is 72.4 Å². The molecule has 23 heavy (non-hydrogen) atoms. The second-order valence-electron chi connectivity index (χ2n) is 8.26. The summed E-state index contributed by atoms with van der Waals surface area (Å²) in [5.41, 5.74) is 2.60. The van der Waals surface area contributed by atoms with Gasteiger partial charge in [0.15, 0.2) is 0 Å². The quantitative estimate of drug-likeness (QED) is 0.626. The summed E-state index contributed by atoms with van der Waals surface area (Å²) >= 11 is 0. The van der Waals surface area contributed by atoms with E-state index in [0.29, 0.717) is 18.1 Å². The Morgan fingerprint density at radius 2 is 1.78 bits per heavy atom. The van der Waals surface area contributed by atoms with E-state index in [0.717, 1.165) is 25.2 Å². The number of ether oxygens (including phenoxy) is 1. The second kappa shape index (κ2) is 8.52. The maximum atomic E-state index is 11.7. The van der Waals surface area contributed by atoms with Crippen molar-refractivity contribution in [1.29, 1.82) is 0 Å². The molecule has 0 saturated carbocycles. The molecule has 0 aliphatic rings. The average molecular weight is 319 g/mol. The van der Waals surface area contributed by atoms with Gasteiger partial charge in [-0.2, -0.15) is 0 Å². The summed E-state index contributed by atoms with van der Waals surface area (Å²) in [5.74, 6) is 2.02. The number of benzene rings is 1. The number of rotatable bonds is 8. The molecule has 0 spiro atoms. The molecule has 130 valence electrons. The van der Waals surface area contributed by atoms with Crippen LogP contribution < -0.4 is 4.74 Å². The third-order valence-corrected chi connectivity index (χ3v) is 3.96. The zero-order valence-corrected chi connectivity index (χ0v) is 16.0. The Kier molecular flexibility index (Phi) is 7.31. The molecule has 2 heteroatoms. The lowest BCUT2D eigenvalue weighted by Gasteiger charge is -2.24. The van der Waals surface area contributed by atoms with E-state index in [9.17, 15) is 4.79 Å². The fourth-order valence-corrected chi connectivity index (χ4v) is 2.46. The Bertz CT molecular complexity index is 507. The van der Waals surface area contributed by atoms with Gasteiger partial charge in [0.2, 0.25) is 0 Å². The first-order chi connectivity index (χ1) is 10.6. The Morgan fingerprint density at radius 1 is 1.13 bits per heavy atom. The third kappa shape index (κ3) is 6.76. The minimum absolute atomic E-state index is 0.0517. The van der Waals surface area contributed by atoms with Crippen molar-refractivity contribution < 1.29 is 9.53 Å². The minimum Gasteiger partial charge on any atom is -0.493 e. The molecule has 0 radical (unpaired) electrons. The van der Waals surface area contributed by atoms with Crippen molar-refractivity contribution in [3.63, 3.8) is 0 Å². The third-order valence-electron chi connectivity index (χ3n) is 3.96. The molecular weight excluding hydrogens is 284 g/mol. The summed E-state index contributed by atoms with van der Waals surface area (Å²) in [6.07, 6.45) is 2.55. The Labute approximate surface area is 142 Å². The molecule has 1 rings (SSSR count). The van der Waals surface area contributed by atoms with Crippen molar-refractivity contribution in [3.05, 3.63) is 29.3 Å². The highest BCUT2D eigenvalue weighted by molar-refractivity contribution is 5.80. The number of aryl methyl sites for hydroxylation is 1. The first kappa shape index (κ1) is 19.7. The summed E-state index contributed by atoms with van der Waals surface area (Å²) in [7, 11) is 0. The van der Waals surface area contributed by atoms with Gasteiger partial charge >= 0.3 is 0 Å². The predicted octanol–water partition coefficient (Wildman–Crippen LogP) is 5.57. The van der Waals surface area contributed by atoms with Crippen molar-refractivity contribution >= 4 is 5.78 Å². The predicted molar refractivity (Wildman–Crippen MR) is 98.3 cm³/mol. The second-order valence-corrected chi connectivity index (χ2v) is 8.26. The lowest BCUT2D eigenvalue weighted by Crippen LogP contribution is -2.15. The smallest absolute Gasteiger partial charge is 0.135 e.